The number of hydrogen-bond acceptors (Lipinski definition) is 11. The van der Waals surface area contributed by atoms with Crippen molar-refractivity contribution in [3.05, 3.63) is 53.9 Å². The maximum absolute atomic E-state index is 14.3. The van der Waals surface area contributed by atoms with Crippen LogP contribution in [-0.2, 0) is 34.0 Å². The Hall–Kier alpha value is -4.44. The summed E-state index contributed by atoms with van der Waals surface area (Å²) in [7, 11) is -2.32. The highest BCUT2D eigenvalue weighted by Crippen LogP contribution is 2.45. The van der Waals surface area contributed by atoms with E-state index < -0.39 is 74.2 Å². The first-order valence-corrected chi connectivity index (χ1v) is 20.1. The predicted octanol–water partition coefficient (Wildman–Crippen LogP) is 4.21. The van der Waals surface area contributed by atoms with Gasteiger partial charge in [0.25, 0.3) is 5.91 Å². The number of thiophene rings is 1. The van der Waals surface area contributed by atoms with Gasteiger partial charge in [0, 0.05) is 34.9 Å². The molecule has 0 spiro atoms. The van der Waals surface area contributed by atoms with Gasteiger partial charge < -0.3 is 29.8 Å². The number of likely N-dealkylation sites (tertiary alicyclic amines) is 1. The third-order valence-corrected chi connectivity index (χ3v) is 12.3. The Morgan fingerprint density at radius 2 is 1.91 bits per heavy atom. The van der Waals surface area contributed by atoms with Crippen LogP contribution in [0.25, 0.3) is 10.4 Å². The van der Waals surface area contributed by atoms with Gasteiger partial charge in [0.2, 0.25) is 21.8 Å². The number of ether oxygens (including phenoxy) is 2. The van der Waals surface area contributed by atoms with E-state index >= 15 is 0 Å². The lowest BCUT2D eigenvalue weighted by atomic mass is 9.93. The van der Waals surface area contributed by atoms with Gasteiger partial charge in [-0.1, -0.05) is 31.1 Å². The van der Waals surface area contributed by atoms with E-state index in [4.69, 9.17) is 14.3 Å². The Bertz CT molecular complexity index is 1840. The molecule has 2 aromatic rings. The van der Waals surface area contributed by atoms with E-state index in [-0.39, 0.29) is 31.8 Å². The van der Waals surface area contributed by atoms with E-state index in [1.165, 1.54) is 11.0 Å². The number of nitrogens with zero attached hydrogens (tertiary/aromatic N) is 2. The minimum absolute atomic E-state index is 0.0139. The maximum Gasteiger partial charge on any atom is 0.407 e. The van der Waals surface area contributed by atoms with Gasteiger partial charge in [0.15, 0.2) is 0 Å². The van der Waals surface area contributed by atoms with E-state index in [0.717, 1.165) is 16.0 Å². The third-order valence-electron chi connectivity index (χ3n) is 9.53. The van der Waals surface area contributed by atoms with E-state index in [9.17, 15) is 27.6 Å². The molecule has 5 atom stereocenters. The van der Waals surface area contributed by atoms with E-state index in [2.05, 4.69) is 27.1 Å². The van der Waals surface area contributed by atoms with Gasteiger partial charge in [0.05, 0.1) is 31.0 Å². The van der Waals surface area contributed by atoms with E-state index in [0.29, 0.717) is 18.6 Å². The molecule has 2 unspecified atom stereocenters. The largest absolute Gasteiger partial charge is 0.497 e. The minimum atomic E-state index is -3.89. The first-order chi connectivity index (χ1) is 25.0. The summed E-state index contributed by atoms with van der Waals surface area (Å²) in [6, 6.07) is 8.44. The zero-order chi connectivity index (χ0) is 38.7. The summed E-state index contributed by atoms with van der Waals surface area (Å²) in [5.74, 6) is -2.77. The van der Waals surface area contributed by atoms with Gasteiger partial charge in [-0.3, -0.25) is 19.1 Å². The number of sulfonamides is 1. The molecule has 14 nitrogen and oxygen atoms in total. The van der Waals surface area contributed by atoms with Crippen LogP contribution in [0.5, 0.6) is 5.75 Å². The number of hydrogen-bond donors (Lipinski definition) is 3. The fourth-order valence-corrected chi connectivity index (χ4v) is 8.46. The Morgan fingerprint density at radius 1 is 1.17 bits per heavy atom. The Labute approximate surface area is 314 Å². The highest BCUT2D eigenvalue weighted by Gasteiger charge is 2.62. The van der Waals surface area contributed by atoms with Crippen LogP contribution in [0.3, 0.4) is 0 Å². The number of oxime groups is 1. The molecule has 2 heterocycles. The Kier molecular flexibility index (Phi) is 11.9. The smallest absolute Gasteiger partial charge is 0.407 e. The molecule has 1 aliphatic heterocycles. The highest BCUT2D eigenvalue weighted by molar-refractivity contribution is 7.91. The summed E-state index contributed by atoms with van der Waals surface area (Å²) in [4.78, 5) is 62.7. The number of carbonyl (C=O) groups excluding carboxylic acids is 4. The number of carbonyl (C=O) groups is 4. The molecule has 1 saturated heterocycles. The van der Waals surface area contributed by atoms with Crippen molar-refractivity contribution in [3.63, 3.8) is 0 Å². The van der Waals surface area contributed by atoms with Gasteiger partial charge >= 0.3 is 6.09 Å². The molecular formula is C37H49N5O9S2. The first kappa shape index (κ1) is 39.8. The van der Waals surface area contributed by atoms with Crippen molar-refractivity contribution in [3.8, 4) is 16.2 Å². The van der Waals surface area contributed by atoms with Crippen LogP contribution in [0.1, 0.15) is 65.9 Å². The number of nitrogens with one attached hydrogen (secondary N) is 3. The van der Waals surface area contributed by atoms with Crippen molar-refractivity contribution in [2.75, 3.05) is 20.2 Å². The molecule has 53 heavy (non-hydrogen) atoms. The van der Waals surface area contributed by atoms with Crippen LogP contribution in [0.15, 0.2) is 53.5 Å². The average Bonchev–Trinajstić information content (AvgIpc) is 3.96. The number of alkyl carbamates (subject to hydrolysis) is 1. The number of rotatable bonds is 15. The van der Waals surface area contributed by atoms with E-state index in [1.807, 2.05) is 49.6 Å². The summed E-state index contributed by atoms with van der Waals surface area (Å²) in [6.45, 7) is 12.6. The topological polar surface area (TPSA) is 182 Å². The summed E-state index contributed by atoms with van der Waals surface area (Å²) in [6.07, 6.45) is 2.76. The molecule has 2 saturated carbocycles. The van der Waals surface area contributed by atoms with Crippen molar-refractivity contribution in [2.24, 2.45) is 22.9 Å². The second-order valence-corrected chi connectivity index (χ2v) is 18.0. The number of amides is 4. The summed E-state index contributed by atoms with van der Waals surface area (Å²) < 4.78 is 38.2. The molecule has 5 rings (SSSR count). The Morgan fingerprint density at radius 3 is 2.49 bits per heavy atom. The fraction of sp³-hybridized carbons (Fsp3) is 0.541. The van der Waals surface area contributed by atoms with Gasteiger partial charge in [-0.15, -0.1) is 17.9 Å². The van der Waals surface area contributed by atoms with Gasteiger partial charge in [-0.25, -0.2) is 13.2 Å². The normalized spacial score (nSPS) is 23.3. The molecule has 16 heteroatoms. The molecule has 0 bridgehead atoms. The summed E-state index contributed by atoms with van der Waals surface area (Å²) in [5.41, 5.74) is -0.628. The highest BCUT2D eigenvalue weighted by atomic mass is 32.2. The minimum Gasteiger partial charge on any atom is -0.497 e. The predicted molar refractivity (Wildman–Crippen MR) is 201 cm³/mol. The van der Waals surface area contributed by atoms with Gasteiger partial charge in [0.1, 0.15) is 29.0 Å². The molecule has 3 aliphatic rings. The van der Waals surface area contributed by atoms with Crippen LogP contribution in [0.2, 0.25) is 0 Å². The molecule has 3 N–H and O–H groups in total. The zero-order valence-electron chi connectivity index (χ0n) is 30.9. The second-order valence-electron chi connectivity index (χ2n) is 15.1. The quantitative estimate of drug-likeness (QED) is 0.136. The molecular weight excluding hydrogens is 723 g/mol. The molecule has 1 aromatic carbocycles. The Balaban J connectivity index is 1.37. The molecule has 1 aromatic heterocycles. The molecule has 4 amide bonds. The molecule has 2 aliphatic carbocycles. The molecule has 0 radical (unpaired) electrons. The van der Waals surface area contributed by atoms with E-state index in [1.54, 1.807) is 45.4 Å². The summed E-state index contributed by atoms with van der Waals surface area (Å²) in [5, 5.41) is 11.1. The third kappa shape index (κ3) is 9.57. The van der Waals surface area contributed by atoms with Gasteiger partial charge in [-0.05, 0) is 75.6 Å². The fourth-order valence-electron chi connectivity index (χ4n) is 6.32. The molecule has 288 valence electrons. The van der Waals surface area contributed by atoms with Crippen LogP contribution < -0.4 is 20.1 Å². The van der Waals surface area contributed by atoms with Crippen molar-refractivity contribution >= 4 is 51.4 Å². The standard InChI is InChI=1S/C37H49N5O9S2/c1-8-24-18-37(24,34(45)41-53(47,48)27-12-13-27)40-32(43)30-17-26(21-42(30)33(44)29(22(2)3)20-38-35(46)50-36(4,5)6)51-39-19-23-16-25(49-7)11-14-28(23)31-10-9-15-52-31/h8-11,14-16,19,22,24,26-27,29-30H,1,12-13,17-18,20-21H2,2-7H3,(H,38,46)(H,40,43)(H,41,45)/b39-19+/t24-,26?,29+,30?,37+/m1/s1. The lowest BCUT2D eigenvalue weighted by Crippen LogP contribution is -2.57. The van der Waals surface area contributed by atoms with Crippen molar-refractivity contribution in [1.82, 2.24) is 20.3 Å². The summed E-state index contributed by atoms with van der Waals surface area (Å²) >= 11 is 1.57. The van der Waals surface area contributed by atoms with Crippen molar-refractivity contribution in [1.29, 1.82) is 0 Å². The number of benzene rings is 1. The molecule has 3 fully saturated rings. The second kappa shape index (κ2) is 15.9. The zero-order valence-corrected chi connectivity index (χ0v) is 32.6. The van der Waals surface area contributed by atoms with Crippen LogP contribution in [-0.4, -0.2) is 92.1 Å². The lowest BCUT2D eigenvalue weighted by Gasteiger charge is -2.31. The number of methoxy groups -OCH3 is 1. The van der Waals surface area contributed by atoms with Crippen LogP contribution >= 0.6 is 11.3 Å². The monoisotopic (exact) mass is 771 g/mol. The maximum atomic E-state index is 14.3. The van der Waals surface area contributed by atoms with Crippen molar-refractivity contribution < 1.29 is 41.9 Å². The first-order valence-electron chi connectivity index (χ1n) is 17.7. The van der Waals surface area contributed by atoms with Crippen LogP contribution in [0, 0.1) is 17.8 Å². The SMILES string of the molecule is C=C[C@@H]1C[C@@]1(NC(=O)C1CC(O/N=C/c2cc(OC)ccc2-c2cccs2)CN1C(=O)[C@@H](CNC(=O)OC(C)(C)C)C(C)C)C(=O)NS(=O)(=O)C1CC1. The van der Waals surface area contributed by atoms with Crippen LogP contribution in [0.4, 0.5) is 4.79 Å². The average molecular weight is 772 g/mol. The van der Waals surface area contributed by atoms with Crippen molar-refractivity contribution in [2.45, 2.75) is 88.8 Å². The van der Waals surface area contributed by atoms with Gasteiger partial charge in [-0.2, -0.15) is 0 Å². The lowest BCUT2D eigenvalue weighted by molar-refractivity contribution is -0.143.